The molecule has 5 nitrogen and oxygen atoms in total. The van der Waals surface area contributed by atoms with Gasteiger partial charge in [-0.3, -0.25) is 14.4 Å². The number of nitrogens with zero attached hydrogens (tertiary/aromatic N) is 2. The van der Waals surface area contributed by atoms with Gasteiger partial charge in [0.2, 0.25) is 0 Å². The van der Waals surface area contributed by atoms with E-state index in [4.69, 9.17) is 0 Å². The minimum Gasteiger partial charge on any atom is -0.294 e. The molecule has 5 rings (SSSR count). The molecule has 1 fully saturated rings. The van der Waals surface area contributed by atoms with E-state index in [0.29, 0.717) is 16.9 Å². The molecule has 0 aliphatic carbocycles. The van der Waals surface area contributed by atoms with Gasteiger partial charge in [-0.05, 0) is 41.5 Å². The summed E-state index contributed by atoms with van der Waals surface area (Å²) in [4.78, 5) is 39.9. The van der Waals surface area contributed by atoms with E-state index in [1.54, 1.807) is 30.3 Å². The number of Topliss-reactive ketones (excluding diaryl/α,β-unsaturated/α-hetero) is 1. The second kappa shape index (κ2) is 8.71. The van der Waals surface area contributed by atoms with E-state index >= 15 is 0 Å². The predicted molar refractivity (Wildman–Crippen MR) is 129 cm³/mol. The molecule has 162 valence electrons. The van der Waals surface area contributed by atoms with Crippen LogP contribution in [0.4, 0.5) is 11.4 Å². The SMILES string of the molecule is O=C(CCC1C(=O)N(c2ccccc2)N(c2ccccc2)C1=O)c1cccc2ccccc12. The van der Waals surface area contributed by atoms with E-state index in [0.717, 1.165) is 10.8 Å². The molecule has 0 atom stereocenters. The van der Waals surface area contributed by atoms with E-state index < -0.39 is 5.92 Å². The predicted octanol–water partition coefficient (Wildman–Crippen LogP) is 5.41. The number of carbonyl (C=O) groups is 3. The highest BCUT2D eigenvalue weighted by atomic mass is 16.2. The molecule has 1 aliphatic rings. The summed E-state index contributed by atoms with van der Waals surface area (Å²) in [5.74, 6) is -1.62. The third-order valence-electron chi connectivity index (χ3n) is 5.97. The van der Waals surface area contributed by atoms with Crippen LogP contribution in [-0.4, -0.2) is 17.6 Å². The average Bonchev–Trinajstić information content (AvgIpc) is 3.12. The minimum absolute atomic E-state index is 0.0724. The summed E-state index contributed by atoms with van der Waals surface area (Å²) in [6, 6.07) is 31.6. The van der Waals surface area contributed by atoms with Gasteiger partial charge < -0.3 is 0 Å². The van der Waals surface area contributed by atoms with Gasteiger partial charge in [0.05, 0.1) is 11.4 Å². The quantitative estimate of drug-likeness (QED) is 0.301. The Bertz CT molecular complexity index is 1270. The average molecular weight is 434 g/mol. The third-order valence-corrected chi connectivity index (χ3v) is 5.97. The fourth-order valence-corrected chi connectivity index (χ4v) is 4.35. The van der Waals surface area contributed by atoms with Gasteiger partial charge in [0.1, 0.15) is 5.92 Å². The Morgan fingerprint density at radius 3 is 1.76 bits per heavy atom. The lowest BCUT2D eigenvalue weighted by Crippen LogP contribution is -2.41. The topological polar surface area (TPSA) is 57.7 Å². The zero-order chi connectivity index (χ0) is 22.8. The largest absolute Gasteiger partial charge is 0.294 e. The van der Waals surface area contributed by atoms with Gasteiger partial charge in [-0.25, -0.2) is 10.0 Å². The van der Waals surface area contributed by atoms with Crippen molar-refractivity contribution in [2.45, 2.75) is 12.8 Å². The molecule has 1 aliphatic heterocycles. The van der Waals surface area contributed by atoms with Gasteiger partial charge in [0.15, 0.2) is 5.78 Å². The van der Waals surface area contributed by atoms with Gasteiger partial charge in [-0.1, -0.05) is 78.9 Å². The Hall–Kier alpha value is -4.25. The number of amides is 2. The van der Waals surface area contributed by atoms with Crippen LogP contribution in [-0.2, 0) is 9.59 Å². The van der Waals surface area contributed by atoms with Crippen molar-refractivity contribution in [1.82, 2.24) is 0 Å². The number of anilines is 2. The summed E-state index contributed by atoms with van der Waals surface area (Å²) in [6.45, 7) is 0. The van der Waals surface area contributed by atoms with E-state index in [2.05, 4.69) is 0 Å². The molecule has 0 radical (unpaired) electrons. The molecule has 4 aromatic carbocycles. The normalized spacial score (nSPS) is 14.3. The minimum atomic E-state index is -0.913. The first-order chi connectivity index (χ1) is 16.1. The van der Waals surface area contributed by atoms with Gasteiger partial charge in [-0.15, -0.1) is 0 Å². The lowest BCUT2D eigenvalue weighted by atomic mass is 9.95. The number of para-hydroxylation sites is 2. The summed E-state index contributed by atoms with van der Waals surface area (Å²) >= 11 is 0. The van der Waals surface area contributed by atoms with Crippen molar-refractivity contribution in [3.63, 3.8) is 0 Å². The van der Waals surface area contributed by atoms with Gasteiger partial charge in [0.25, 0.3) is 11.8 Å². The van der Waals surface area contributed by atoms with E-state index in [1.807, 2.05) is 72.8 Å². The molecule has 5 heteroatoms. The molecule has 0 N–H and O–H groups in total. The lowest BCUT2D eigenvalue weighted by Gasteiger charge is -2.27. The fraction of sp³-hybridized carbons (Fsp3) is 0.107. The van der Waals surface area contributed by atoms with Gasteiger partial charge >= 0.3 is 0 Å². The second-order valence-electron chi connectivity index (χ2n) is 8.01. The number of hydrazine groups is 1. The Kier molecular flexibility index (Phi) is 5.45. The summed E-state index contributed by atoms with van der Waals surface area (Å²) < 4.78 is 0. The molecular weight excluding hydrogens is 412 g/mol. The Balaban J connectivity index is 1.43. The van der Waals surface area contributed by atoms with Crippen LogP contribution in [0.15, 0.2) is 103 Å². The number of hydrogen-bond donors (Lipinski definition) is 0. The lowest BCUT2D eigenvalue weighted by molar-refractivity contribution is -0.127. The van der Waals surface area contributed by atoms with Gasteiger partial charge in [-0.2, -0.15) is 0 Å². The summed E-state index contributed by atoms with van der Waals surface area (Å²) in [5, 5.41) is 4.71. The molecule has 1 heterocycles. The zero-order valence-corrected chi connectivity index (χ0v) is 17.9. The number of fused-ring (bicyclic) bond motifs is 1. The highest BCUT2D eigenvalue weighted by Crippen LogP contribution is 2.34. The molecule has 0 spiro atoms. The first-order valence-corrected chi connectivity index (χ1v) is 10.9. The highest BCUT2D eigenvalue weighted by Gasteiger charge is 2.46. The number of ketones is 1. The summed E-state index contributed by atoms with van der Waals surface area (Å²) in [7, 11) is 0. The van der Waals surface area contributed by atoms with E-state index in [9.17, 15) is 14.4 Å². The fourth-order valence-electron chi connectivity index (χ4n) is 4.35. The molecule has 0 saturated carbocycles. The number of rotatable bonds is 6. The maximum absolute atomic E-state index is 13.4. The number of hydrogen-bond acceptors (Lipinski definition) is 3. The molecule has 0 bridgehead atoms. The molecule has 1 saturated heterocycles. The van der Waals surface area contributed by atoms with Crippen molar-refractivity contribution >= 4 is 39.7 Å². The van der Waals surface area contributed by atoms with Crippen molar-refractivity contribution < 1.29 is 14.4 Å². The first kappa shape index (κ1) is 20.6. The van der Waals surface area contributed by atoms with Crippen molar-refractivity contribution in [2.75, 3.05) is 10.0 Å². The van der Waals surface area contributed by atoms with Crippen molar-refractivity contribution in [1.29, 1.82) is 0 Å². The standard InChI is InChI=1S/C28H22N2O3/c31-26(24-17-9-11-20-10-7-8-16-23(20)24)19-18-25-27(32)29(21-12-3-1-4-13-21)30(28(25)33)22-14-5-2-6-15-22/h1-17,25H,18-19H2. The molecule has 0 unspecified atom stereocenters. The zero-order valence-electron chi connectivity index (χ0n) is 17.9. The Morgan fingerprint density at radius 2 is 1.15 bits per heavy atom. The summed E-state index contributed by atoms with van der Waals surface area (Å²) in [5.41, 5.74) is 1.84. The molecule has 33 heavy (non-hydrogen) atoms. The number of benzene rings is 4. The summed E-state index contributed by atoms with van der Waals surface area (Å²) in [6.07, 6.45) is 0.272. The van der Waals surface area contributed by atoms with Crippen LogP contribution in [0.25, 0.3) is 10.8 Å². The third kappa shape index (κ3) is 3.78. The molecule has 2 amide bonds. The van der Waals surface area contributed by atoms with Crippen LogP contribution in [0.5, 0.6) is 0 Å². The van der Waals surface area contributed by atoms with Crippen molar-refractivity contribution in [3.8, 4) is 0 Å². The van der Waals surface area contributed by atoms with Crippen LogP contribution >= 0.6 is 0 Å². The monoisotopic (exact) mass is 434 g/mol. The molecule has 0 aromatic heterocycles. The number of carbonyl (C=O) groups excluding carboxylic acids is 3. The molecular formula is C28H22N2O3. The maximum atomic E-state index is 13.4. The second-order valence-corrected chi connectivity index (χ2v) is 8.01. The Morgan fingerprint density at radius 1 is 0.636 bits per heavy atom. The van der Waals surface area contributed by atoms with Crippen molar-refractivity contribution in [3.05, 3.63) is 109 Å². The van der Waals surface area contributed by atoms with Gasteiger partial charge in [0, 0.05) is 12.0 Å². The van der Waals surface area contributed by atoms with Crippen LogP contribution < -0.4 is 10.0 Å². The van der Waals surface area contributed by atoms with Crippen LogP contribution in [0, 0.1) is 5.92 Å². The van der Waals surface area contributed by atoms with E-state index in [1.165, 1.54) is 10.0 Å². The Labute approximate surface area is 191 Å². The van der Waals surface area contributed by atoms with Crippen LogP contribution in [0.3, 0.4) is 0 Å². The highest BCUT2D eigenvalue weighted by molar-refractivity contribution is 6.23. The van der Waals surface area contributed by atoms with Crippen LogP contribution in [0.2, 0.25) is 0 Å². The van der Waals surface area contributed by atoms with E-state index in [-0.39, 0.29) is 30.4 Å². The maximum Gasteiger partial charge on any atom is 0.258 e. The van der Waals surface area contributed by atoms with Crippen LogP contribution in [0.1, 0.15) is 23.2 Å². The first-order valence-electron chi connectivity index (χ1n) is 10.9. The smallest absolute Gasteiger partial charge is 0.258 e. The molecule has 4 aromatic rings. The van der Waals surface area contributed by atoms with Crippen molar-refractivity contribution in [2.24, 2.45) is 5.92 Å².